The number of amidine groups is 2. The lowest BCUT2D eigenvalue weighted by atomic mass is 9.89. The van der Waals surface area contributed by atoms with Crippen LogP contribution in [0.2, 0.25) is 0 Å². The number of aliphatic imine (C=N–C) groups is 2. The summed E-state index contributed by atoms with van der Waals surface area (Å²) in [5, 5.41) is 17.4. The van der Waals surface area contributed by atoms with E-state index >= 15 is 0 Å². The molecular weight excluding hydrogens is 807 g/mol. The van der Waals surface area contributed by atoms with Crippen molar-refractivity contribution in [2.75, 3.05) is 0 Å². The first-order chi connectivity index (χ1) is 32.7. The van der Waals surface area contributed by atoms with Crippen LogP contribution in [0.3, 0.4) is 0 Å². The fraction of sp³-hybridized carbons (Fsp3) is 0.0164. The third-order valence-electron chi connectivity index (χ3n) is 13.5. The predicted molar refractivity (Wildman–Crippen MR) is 274 cm³/mol. The average Bonchev–Trinajstić information content (AvgIpc) is 3.97. The number of benzene rings is 11. The van der Waals surface area contributed by atoms with Gasteiger partial charge in [-0.2, -0.15) is 0 Å². The Balaban J connectivity index is 0.962. The summed E-state index contributed by atoms with van der Waals surface area (Å²) in [6.07, 6.45) is -0.521. The molecule has 0 spiro atoms. The summed E-state index contributed by atoms with van der Waals surface area (Å²) in [6.45, 7) is 0. The molecule has 1 N–H and O–H groups in total. The van der Waals surface area contributed by atoms with Gasteiger partial charge in [-0.3, -0.25) is 0 Å². The Hall–Kier alpha value is -8.80. The molecule has 13 aromatic rings. The summed E-state index contributed by atoms with van der Waals surface area (Å²) in [4.78, 5) is 10.9. The molecule has 0 amide bonds. The second-order valence-electron chi connectivity index (χ2n) is 17.2. The summed E-state index contributed by atoms with van der Waals surface area (Å²) in [6, 6.07) is 75.2. The topological polar surface area (TPSA) is 63.0 Å². The minimum absolute atomic E-state index is 0.521. The van der Waals surface area contributed by atoms with E-state index < -0.39 is 6.17 Å². The fourth-order valence-corrected chi connectivity index (χ4v) is 10.4. The van der Waals surface area contributed by atoms with Gasteiger partial charge in [0.1, 0.15) is 34.0 Å². The van der Waals surface area contributed by atoms with E-state index in [4.69, 9.17) is 18.8 Å². The van der Waals surface area contributed by atoms with Gasteiger partial charge >= 0.3 is 0 Å². The summed E-state index contributed by atoms with van der Waals surface area (Å²) >= 11 is 0. The van der Waals surface area contributed by atoms with Crippen molar-refractivity contribution < 1.29 is 8.83 Å². The Labute approximate surface area is 378 Å². The van der Waals surface area contributed by atoms with Crippen LogP contribution in [0.15, 0.2) is 231 Å². The molecule has 1 aliphatic heterocycles. The summed E-state index contributed by atoms with van der Waals surface area (Å²) in [5.74, 6) is 1.56. The molecule has 14 rings (SSSR count). The van der Waals surface area contributed by atoms with Crippen molar-refractivity contribution in [2.45, 2.75) is 6.17 Å². The number of furan rings is 2. The Morgan fingerprint density at radius 2 is 0.879 bits per heavy atom. The molecule has 0 fully saturated rings. The van der Waals surface area contributed by atoms with Gasteiger partial charge in [0.25, 0.3) is 0 Å². The van der Waals surface area contributed by atoms with Crippen LogP contribution in [0.1, 0.15) is 22.9 Å². The molecule has 0 bridgehead atoms. The largest absolute Gasteiger partial charge is 0.456 e. The van der Waals surface area contributed by atoms with Crippen molar-refractivity contribution in [1.82, 2.24) is 5.32 Å². The van der Waals surface area contributed by atoms with Gasteiger partial charge in [0.05, 0.1) is 0 Å². The lowest BCUT2D eigenvalue weighted by molar-refractivity contribution is 0.668. The molecule has 0 aliphatic carbocycles. The zero-order valence-electron chi connectivity index (χ0n) is 35.5. The van der Waals surface area contributed by atoms with Crippen molar-refractivity contribution in [2.24, 2.45) is 9.98 Å². The number of para-hydroxylation sites is 2. The first-order valence-electron chi connectivity index (χ1n) is 22.4. The van der Waals surface area contributed by atoms with Gasteiger partial charge < -0.3 is 14.2 Å². The molecule has 3 heterocycles. The van der Waals surface area contributed by atoms with Crippen molar-refractivity contribution in [3.8, 4) is 22.3 Å². The van der Waals surface area contributed by atoms with E-state index in [0.717, 1.165) is 111 Å². The molecule has 0 saturated carbocycles. The predicted octanol–water partition coefficient (Wildman–Crippen LogP) is 15.9. The van der Waals surface area contributed by atoms with Crippen LogP contribution >= 0.6 is 0 Å². The highest BCUT2D eigenvalue weighted by molar-refractivity contribution is 6.22. The summed E-state index contributed by atoms with van der Waals surface area (Å²) < 4.78 is 13.2. The maximum Gasteiger partial charge on any atom is 0.170 e. The molecule has 5 nitrogen and oxygen atoms in total. The quantitative estimate of drug-likeness (QED) is 0.176. The molecule has 11 aromatic carbocycles. The fourth-order valence-electron chi connectivity index (χ4n) is 10.4. The van der Waals surface area contributed by atoms with Crippen LogP contribution in [0.25, 0.3) is 109 Å². The van der Waals surface area contributed by atoms with Crippen molar-refractivity contribution >= 4 is 98.6 Å². The Morgan fingerprint density at radius 1 is 0.333 bits per heavy atom. The first kappa shape index (κ1) is 36.7. The zero-order valence-corrected chi connectivity index (χ0v) is 35.5. The smallest absolute Gasteiger partial charge is 0.170 e. The van der Waals surface area contributed by atoms with E-state index in [-0.39, 0.29) is 0 Å². The molecular formula is C61H37N3O2. The van der Waals surface area contributed by atoms with Crippen LogP contribution in [-0.4, -0.2) is 11.7 Å². The number of nitrogens with one attached hydrogen (secondary N) is 1. The molecule has 0 saturated heterocycles. The summed E-state index contributed by atoms with van der Waals surface area (Å²) in [5.41, 5.74) is 10.8. The Bertz CT molecular complexity index is 4230. The zero-order chi connectivity index (χ0) is 43.3. The van der Waals surface area contributed by atoms with Gasteiger partial charge in [0.2, 0.25) is 0 Å². The van der Waals surface area contributed by atoms with Crippen LogP contribution in [0.5, 0.6) is 0 Å². The molecule has 1 atom stereocenters. The highest BCUT2D eigenvalue weighted by atomic mass is 16.3. The van der Waals surface area contributed by atoms with Crippen molar-refractivity contribution in [3.63, 3.8) is 0 Å². The molecule has 1 aliphatic rings. The molecule has 0 radical (unpaired) electrons. The summed E-state index contributed by atoms with van der Waals surface area (Å²) in [7, 11) is 0. The third kappa shape index (κ3) is 5.66. The maximum absolute atomic E-state index is 6.88. The number of nitrogens with zero attached hydrogens (tertiary/aromatic N) is 2. The van der Waals surface area contributed by atoms with Gasteiger partial charge in [-0.15, -0.1) is 0 Å². The molecule has 1 unspecified atom stereocenters. The number of hydrogen-bond donors (Lipinski definition) is 1. The molecule has 2 aromatic heterocycles. The van der Waals surface area contributed by atoms with Crippen LogP contribution in [0, 0.1) is 0 Å². The number of hydrogen-bond acceptors (Lipinski definition) is 5. The molecule has 308 valence electrons. The standard InChI is InChI=1S/C61H37N3O2/c1-2-14-39-34-40(28-24-36(39)12-1)59-62-60(41-29-27-38-26-25-37-13-3-4-15-42(37)52(38)35-41)64-61(63-59)49-33-30-45(43-16-5-6-17-44(43)49)47-31-32-48(58-57(47)51-19-8-10-22-54(51)66-58)46-20-11-23-55-56(46)50-18-7-9-21-53(50)65-55/h1-35,61H,(H,62,63,64). The Kier molecular flexibility index (Phi) is 7.98. The van der Waals surface area contributed by atoms with E-state index in [1.807, 2.05) is 24.3 Å². The average molecular weight is 844 g/mol. The van der Waals surface area contributed by atoms with E-state index in [1.54, 1.807) is 0 Å². The molecule has 66 heavy (non-hydrogen) atoms. The van der Waals surface area contributed by atoms with Gasteiger partial charge in [-0.25, -0.2) is 9.98 Å². The van der Waals surface area contributed by atoms with Gasteiger partial charge in [0, 0.05) is 43.8 Å². The van der Waals surface area contributed by atoms with Crippen LogP contribution in [0.4, 0.5) is 0 Å². The van der Waals surface area contributed by atoms with E-state index in [1.165, 1.54) is 26.9 Å². The second-order valence-corrected chi connectivity index (χ2v) is 17.2. The van der Waals surface area contributed by atoms with E-state index in [2.05, 4.69) is 193 Å². The van der Waals surface area contributed by atoms with Crippen LogP contribution in [-0.2, 0) is 0 Å². The lowest BCUT2D eigenvalue weighted by Crippen LogP contribution is -2.36. The minimum Gasteiger partial charge on any atom is -0.456 e. The normalized spacial score (nSPS) is 14.2. The number of fused-ring (bicyclic) bond motifs is 11. The highest BCUT2D eigenvalue weighted by Gasteiger charge is 2.26. The second kappa shape index (κ2) is 14.4. The third-order valence-corrected chi connectivity index (χ3v) is 13.5. The van der Waals surface area contributed by atoms with Crippen molar-refractivity contribution in [1.29, 1.82) is 0 Å². The number of rotatable bonds is 5. The monoisotopic (exact) mass is 843 g/mol. The Morgan fingerprint density at radius 3 is 1.68 bits per heavy atom. The van der Waals surface area contributed by atoms with Gasteiger partial charge in [-0.05, 0) is 96.2 Å². The SMILES string of the molecule is c1ccc2cc(C3=NC(c4ccc(-c5ccc(-c6cccc7oc8ccccc8c67)c6oc7ccccc7c56)c5ccccc45)N=C(c4ccc5ccc6ccccc6c5c4)N3)ccc2c1. The van der Waals surface area contributed by atoms with E-state index in [9.17, 15) is 0 Å². The van der Waals surface area contributed by atoms with E-state index in [0.29, 0.717) is 0 Å². The van der Waals surface area contributed by atoms with Crippen molar-refractivity contribution in [3.05, 3.63) is 229 Å². The highest BCUT2D eigenvalue weighted by Crippen LogP contribution is 2.47. The lowest BCUT2D eigenvalue weighted by Gasteiger charge is -2.24. The first-order valence-corrected chi connectivity index (χ1v) is 22.4. The van der Waals surface area contributed by atoms with Crippen LogP contribution < -0.4 is 5.32 Å². The van der Waals surface area contributed by atoms with Gasteiger partial charge in [0.15, 0.2) is 6.17 Å². The van der Waals surface area contributed by atoms with Gasteiger partial charge in [-0.1, -0.05) is 176 Å². The minimum atomic E-state index is -0.521. The molecule has 5 heteroatoms. The maximum atomic E-state index is 6.88.